The molecule has 0 spiro atoms. The molecule has 1 N–H and O–H groups in total. The van der Waals surface area contributed by atoms with E-state index in [1.54, 1.807) is 7.11 Å². The SMILES string of the molecule is COc1ccc(N(C)CCCCO)cc1Cl. The zero-order chi connectivity index (χ0) is 12.0. The lowest BCUT2D eigenvalue weighted by Gasteiger charge is -2.19. The van der Waals surface area contributed by atoms with Gasteiger partial charge >= 0.3 is 0 Å². The van der Waals surface area contributed by atoms with Gasteiger partial charge in [0.1, 0.15) is 5.75 Å². The van der Waals surface area contributed by atoms with Crippen LogP contribution in [0.4, 0.5) is 5.69 Å². The molecule has 0 fully saturated rings. The molecule has 0 aliphatic rings. The van der Waals surface area contributed by atoms with E-state index in [0.717, 1.165) is 25.1 Å². The van der Waals surface area contributed by atoms with E-state index in [1.807, 2.05) is 25.2 Å². The minimum atomic E-state index is 0.247. The normalized spacial score (nSPS) is 10.2. The molecular formula is C12H18ClNO2. The van der Waals surface area contributed by atoms with Crippen molar-refractivity contribution in [2.24, 2.45) is 0 Å². The van der Waals surface area contributed by atoms with Crippen molar-refractivity contribution >= 4 is 17.3 Å². The van der Waals surface area contributed by atoms with Crippen LogP contribution in [0.15, 0.2) is 18.2 Å². The van der Waals surface area contributed by atoms with Crippen molar-refractivity contribution in [3.8, 4) is 5.75 Å². The quantitative estimate of drug-likeness (QED) is 0.780. The molecule has 0 saturated heterocycles. The van der Waals surface area contributed by atoms with Crippen LogP contribution in [0.3, 0.4) is 0 Å². The van der Waals surface area contributed by atoms with Crippen LogP contribution in [0.25, 0.3) is 0 Å². The average molecular weight is 244 g/mol. The van der Waals surface area contributed by atoms with Crippen LogP contribution in [0.5, 0.6) is 5.75 Å². The molecule has 0 atom stereocenters. The molecule has 4 heteroatoms. The molecule has 1 aromatic carbocycles. The Morgan fingerprint density at radius 3 is 2.69 bits per heavy atom. The Labute approximate surface area is 102 Å². The maximum absolute atomic E-state index is 8.71. The highest BCUT2D eigenvalue weighted by atomic mass is 35.5. The average Bonchev–Trinajstić information content (AvgIpc) is 2.29. The Morgan fingerprint density at radius 1 is 1.38 bits per heavy atom. The molecule has 0 unspecified atom stereocenters. The summed E-state index contributed by atoms with van der Waals surface area (Å²) in [6.45, 7) is 1.15. The Kier molecular flexibility index (Phi) is 5.43. The van der Waals surface area contributed by atoms with E-state index in [0.29, 0.717) is 10.8 Å². The fraction of sp³-hybridized carbons (Fsp3) is 0.500. The van der Waals surface area contributed by atoms with Gasteiger partial charge in [-0.2, -0.15) is 0 Å². The van der Waals surface area contributed by atoms with E-state index in [2.05, 4.69) is 4.90 Å². The highest BCUT2D eigenvalue weighted by molar-refractivity contribution is 6.32. The Balaban J connectivity index is 2.62. The van der Waals surface area contributed by atoms with Crippen LogP contribution >= 0.6 is 11.6 Å². The van der Waals surface area contributed by atoms with Crippen molar-refractivity contribution in [3.63, 3.8) is 0 Å². The van der Waals surface area contributed by atoms with Gasteiger partial charge in [0.2, 0.25) is 0 Å². The number of aliphatic hydroxyl groups is 1. The van der Waals surface area contributed by atoms with E-state index in [9.17, 15) is 0 Å². The van der Waals surface area contributed by atoms with Crippen LogP contribution in [-0.4, -0.2) is 32.4 Å². The zero-order valence-electron chi connectivity index (χ0n) is 9.74. The van der Waals surface area contributed by atoms with Crippen molar-refractivity contribution in [2.75, 3.05) is 32.2 Å². The van der Waals surface area contributed by atoms with Gasteiger partial charge in [-0.1, -0.05) is 11.6 Å². The van der Waals surface area contributed by atoms with Crippen LogP contribution in [0.1, 0.15) is 12.8 Å². The Bertz CT molecular complexity index is 331. The molecule has 3 nitrogen and oxygen atoms in total. The third kappa shape index (κ3) is 3.58. The molecule has 0 radical (unpaired) electrons. The molecule has 0 heterocycles. The number of aliphatic hydroxyl groups excluding tert-OH is 1. The Morgan fingerprint density at radius 2 is 2.12 bits per heavy atom. The molecule has 1 rings (SSSR count). The topological polar surface area (TPSA) is 32.7 Å². The summed E-state index contributed by atoms with van der Waals surface area (Å²) in [5, 5.41) is 9.33. The van der Waals surface area contributed by atoms with Crippen molar-refractivity contribution in [1.29, 1.82) is 0 Å². The van der Waals surface area contributed by atoms with Crippen LogP contribution in [0, 0.1) is 0 Å². The van der Waals surface area contributed by atoms with Crippen LogP contribution < -0.4 is 9.64 Å². The second kappa shape index (κ2) is 6.61. The monoisotopic (exact) mass is 243 g/mol. The standard InChI is InChI=1S/C12H18ClNO2/c1-14(7-3-4-8-15)10-5-6-12(16-2)11(13)9-10/h5-6,9,15H,3-4,7-8H2,1-2H3. The third-order valence-corrected chi connectivity index (χ3v) is 2.77. The lowest BCUT2D eigenvalue weighted by Crippen LogP contribution is -2.18. The number of nitrogens with zero attached hydrogens (tertiary/aromatic N) is 1. The number of anilines is 1. The zero-order valence-corrected chi connectivity index (χ0v) is 10.5. The third-order valence-electron chi connectivity index (χ3n) is 2.48. The van der Waals surface area contributed by atoms with Crippen molar-refractivity contribution in [1.82, 2.24) is 0 Å². The first-order chi connectivity index (χ1) is 7.69. The molecule has 0 saturated carbocycles. The maximum atomic E-state index is 8.71. The fourth-order valence-corrected chi connectivity index (χ4v) is 1.73. The summed E-state index contributed by atoms with van der Waals surface area (Å²) in [5.41, 5.74) is 1.06. The summed E-state index contributed by atoms with van der Waals surface area (Å²) in [4.78, 5) is 2.11. The molecular weight excluding hydrogens is 226 g/mol. The van der Waals surface area contributed by atoms with E-state index >= 15 is 0 Å². The number of benzene rings is 1. The van der Waals surface area contributed by atoms with Gasteiger partial charge < -0.3 is 14.7 Å². The summed E-state index contributed by atoms with van der Waals surface area (Å²) in [6.07, 6.45) is 1.80. The highest BCUT2D eigenvalue weighted by Gasteiger charge is 2.05. The number of hydrogen-bond acceptors (Lipinski definition) is 3. The molecule has 90 valence electrons. The predicted molar refractivity (Wildman–Crippen MR) is 67.6 cm³/mol. The second-order valence-corrected chi connectivity index (χ2v) is 4.08. The van der Waals surface area contributed by atoms with Gasteiger partial charge in [0.25, 0.3) is 0 Å². The first-order valence-electron chi connectivity index (χ1n) is 5.34. The van der Waals surface area contributed by atoms with Gasteiger partial charge in [0.05, 0.1) is 12.1 Å². The molecule has 16 heavy (non-hydrogen) atoms. The molecule has 0 bridgehead atoms. The predicted octanol–water partition coefficient (Wildman–Crippen LogP) is 2.56. The number of ether oxygens (including phenoxy) is 1. The van der Waals surface area contributed by atoms with E-state index in [4.69, 9.17) is 21.4 Å². The first-order valence-corrected chi connectivity index (χ1v) is 5.72. The molecule has 0 amide bonds. The molecule has 1 aromatic rings. The van der Waals surface area contributed by atoms with Gasteiger partial charge in [-0.05, 0) is 31.0 Å². The molecule has 0 aromatic heterocycles. The second-order valence-electron chi connectivity index (χ2n) is 3.67. The minimum absolute atomic E-state index is 0.247. The summed E-state index contributed by atoms with van der Waals surface area (Å²) in [7, 11) is 3.61. The first kappa shape index (κ1) is 13.1. The number of rotatable bonds is 6. The molecule has 0 aliphatic carbocycles. The van der Waals surface area contributed by atoms with E-state index in [-0.39, 0.29) is 6.61 Å². The number of halogens is 1. The van der Waals surface area contributed by atoms with Gasteiger partial charge in [0, 0.05) is 25.9 Å². The smallest absolute Gasteiger partial charge is 0.137 e. The van der Waals surface area contributed by atoms with Crippen LogP contribution in [-0.2, 0) is 0 Å². The van der Waals surface area contributed by atoms with Gasteiger partial charge in [-0.15, -0.1) is 0 Å². The number of hydrogen-bond donors (Lipinski definition) is 1. The van der Waals surface area contributed by atoms with Gasteiger partial charge in [-0.3, -0.25) is 0 Å². The maximum Gasteiger partial charge on any atom is 0.137 e. The summed E-state index contributed by atoms with van der Waals surface area (Å²) in [6, 6.07) is 5.73. The summed E-state index contributed by atoms with van der Waals surface area (Å²) in [5.74, 6) is 0.689. The summed E-state index contributed by atoms with van der Waals surface area (Å²) >= 11 is 6.04. The summed E-state index contributed by atoms with van der Waals surface area (Å²) < 4.78 is 5.09. The van der Waals surface area contributed by atoms with E-state index in [1.165, 1.54) is 0 Å². The number of unbranched alkanes of at least 4 members (excludes halogenated alkanes) is 1. The molecule has 0 aliphatic heterocycles. The fourth-order valence-electron chi connectivity index (χ4n) is 1.48. The highest BCUT2D eigenvalue weighted by Crippen LogP contribution is 2.28. The van der Waals surface area contributed by atoms with Crippen molar-refractivity contribution < 1.29 is 9.84 Å². The van der Waals surface area contributed by atoms with E-state index < -0.39 is 0 Å². The van der Waals surface area contributed by atoms with Crippen molar-refractivity contribution in [2.45, 2.75) is 12.8 Å². The minimum Gasteiger partial charge on any atom is -0.495 e. The lowest BCUT2D eigenvalue weighted by molar-refractivity contribution is 0.285. The van der Waals surface area contributed by atoms with Crippen LogP contribution in [0.2, 0.25) is 5.02 Å². The van der Waals surface area contributed by atoms with Crippen molar-refractivity contribution in [3.05, 3.63) is 23.2 Å². The van der Waals surface area contributed by atoms with Gasteiger partial charge in [0.15, 0.2) is 0 Å². The Hall–Kier alpha value is -0.930. The largest absolute Gasteiger partial charge is 0.495 e. The lowest BCUT2D eigenvalue weighted by atomic mass is 10.2. The van der Waals surface area contributed by atoms with Gasteiger partial charge in [-0.25, -0.2) is 0 Å². The number of methoxy groups -OCH3 is 1.